The van der Waals surface area contributed by atoms with Crippen LogP contribution in [0.25, 0.3) is 0 Å². The van der Waals surface area contributed by atoms with E-state index in [0.29, 0.717) is 36.5 Å². The Morgan fingerprint density at radius 3 is 0.717 bits per heavy atom. The Morgan fingerprint density at radius 1 is 0.383 bits per heavy atom. The average molecular weight is 816 g/mol. The number of nitriles is 1. The monoisotopic (exact) mass is 816 g/mol. The summed E-state index contributed by atoms with van der Waals surface area (Å²) in [4.78, 5) is 0. The third kappa shape index (κ3) is 11.2. The van der Waals surface area contributed by atoms with Crippen molar-refractivity contribution in [2.75, 3.05) is 0 Å². The first-order valence-corrected chi connectivity index (χ1v) is 22.0. The molecule has 0 amide bonds. The van der Waals surface area contributed by atoms with Crippen LogP contribution in [0.1, 0.15) is 215 Å². The van der Waals surface area contributed by atoms with E-state index in [-0.39, 0.29) is 32.5 Å². The molecule has 0 spiro atoms. The van der Waals surface area contributed by atoms with Gasteiger partial charge in [0.05, 0.1) is 6.07 Å². The fraction of sp³-hybridized carbons (Fsp3) is 0.554. The Hall–Kier alpha value is -4.23. The maximum Gasteiger partial charge on any atom is 0.122 e. The van der Waals surface area contributed by atoms with Crippen molar-refractivity contribution < 1.29 is 15.3 Å². The molecule has 60 heavy (non-hydrogen) atoms. The minimum absolute atomic E-state index is 0.100. The molecule has 0 bridgehead atoms. The molecule has 0 saturated heterocycles. The number of phenolic OH excluding ortho intramolecular Hbond substituents is 3. The quantitative estimate of drug-likeness (QED) is 0.181. The van der Waals surface area contributed by atoms with Gasteiger partial charge in [-0.2, -0.15) is 5.26 Å². The Kier molecular flexibility index (Phi) is 14.4. The van der Waals surface area contributed by atoms with E-state index in [0.717, 1.165) is 33.4 Å². The molecule has 0 saturated carbocycles. The molecule has 4 aromatic rings. The van der Waals surface area contributed by atoms with Gasteiger partial charge in [-0.25, -0.2) is 0 Å². The number of aromatic hydroxyl groups is 3. The van der Waals surface area contributed by atoms with E-state index in [9.17, 15) is 15.3 Å². The summed E-state index contributed by atoms with van der Waals surface area (Å²) in [6.07, 6.45) is 1.71. The van der Waals surface area contributed by atoms with Gasteiger partial charge in [0.1, 0.15) is 17.2 Å². The van der Waals surface area contributed by atoms with Crippen molar-refractivity contribution in [2.24, 2.45) is 0 Å². The van der Waals surface area contributed by atoms with Gasteiger partial charge in [-0.3, -0.25) is 0 Å². The molecule has 0 unspecified atom stereocenters. The summed E-state index contributed by atoms with van der Waals surface area (Å²) in [7, 11) is 0. The molecule has 0 heterocycles. The highest BCUT2D eigenvalue weighted by Gasteiger charge is 2.30. The van der Waals surface area contributed by atoms with Crippen LogP contribution in [0.2, 0.25) is 0 Å². The van der Waals surface area contributed by atoms with Gasteiger partial charge in [-0.15, -0.1) is 0 Å². The number of phenols is 3. The molecule has 328 valence electrons. The Morgan fingerprint density at radius 2 is 0.567 bits per heavy atom. The van der Waals surface area contributed by atoms with Crippen LogP contribution in [0, 0.1) is 32.1 Å². The molecule has 0 aliphatic carbocycles. The second-order valence-corrected chi connectivity index (χ2v) is 23.7. The molecule has 0 aromatic heterocycles. The fourth-order valence-corrected chi connectivity index (χ4v) is 8.26. The Balaban J connectivity index is 0.00000311. The van der Waals surface area contributed by atoms with Crippen LogP contribution in [0.4, 0.5) is 0 Å². The van der Waals surface area contributed by atoms with Crippen molar-refractivity contribution in [1.82, 2.24) is 0 Å². The van der Waals surface area contributed by atoms with Gasteiger partial charge in [0.15, 0.2) is 0 Å². The fourth-order valence-electron chi connectivity index (χ4n) is 8.26. The molecule has 0 fully saturated rings. The lowest BCUT2D eigenvalue weighted by atomic mass is 9.75. The van der Waals surface area contributed by atoms with Crippen LogP contribution >= 0.6 is 0 Å². The molecular weight excluding hydrogens is 735 g/mol. The second kappa shape index (κ2) is 17.3. The van der Waals surface area contributed by atoms with Crippen molar-refractivity contribution in [3.8, 4) is 23.3 Å². The summed E-state index contributed by atoms with van der Waals surface area (Å²) in [6, 6.07) is 15.0. The topological polar surface area (TPSA) is 84.5 Å². The van der Waals surface area contributed by atoms with Crippen molar-refractivity contribution in [1.29, 1.82) is 5.26 Å². The summed E-state index contributed by atoms with van der Waals surface area (Å²) in [5, 5.41) is 43.5. The molecule has 0 atom stereocenters. The summed E-state index contributed by atoms with van der Waals surface area (Å²) >= 11 is 0. The van der Waals surface area contributed by atoms with E-state index in [1.165, 1.54) is 57.0 Å². The van der Waals surface area contributed by atoms with Crippen molar-refractivity contribution in [3.05, 3.63) is 120 Å². The van der Waals surface area contributed by atoms with E-state index in [1.54, 1.807) is 6.07 Å². The minimum Gasteiger partial charge on any atom is -0.507 e. The normalized spacial score (nSPS) is 12.9. The highest BCUT2D eigenvalue weighted by atomic mass is 16.3. The molecule has 0 radical (unpaired) electrons. The second-order valence-electron chi connectivity index (χ2n) is 23.7. The van der Waals surface area contributed by atoms with Gasteiger partial charge in [0, 0.05) is 26.2 Å². The number of hydrogen-bond donors (Lipinski definition) is 3. The lowest BCUT2D eigenvalue weighted by Gasteiger charge is -2.30. The van der Waals surface area contributed by atoms with Gasteiger partial charge in [-0.1, -0.05) is 161 Å². The first-order valence-electron chi connectivity index (χ1n) is 22.0. The van der Waals surface area contributed by atoms with Crippen LogP contribution in [-0.2, 0) is 51.8 Å². The third-order valence-electron chi connectivity index (χ3n) is 12.4. The maximum absolute atomic E-state index is 12.1. The van der Waals surface area contributed by atoms with Crippen LogP contribution in [0.5, 0.6) is 17.2 Å². The van der Waals surface area contributed by atoms with Crippen LogP contribution < -0.4 is 0 Å². The summed E-state index contributed by atoms with van der Waals surface area (Å²) in [5.74, 6) is 1.11. The lowest BCUT2D eigenvalue weighted by molar-refractivity contribution is 0.438. The van der Waals surface area contributed by atoms with Crippen molar-refractivity contribution >= 4 is 0 Å². The largest absolute Gasteiger partial charge is 0.507 e. The highest BCUT2D eigenvalue weighted by Crippen LogP contribution is 2.44. The van der Waals surface area contributed by atoms with E-state index < -0.39 is 0 Å². The molecule has 4 rings (SSSR count). The molecule has 0 aliphatic rings. The van der Waals surface area contributed by atoms with Gasteiger partial charge in [0.2, 0.25) is 0 Å². The van der Waals surface area contributed by atoms with Crippen molar-refractivity contribution in [3.63, 3.8) is 0 Å². The van der Waals surface area contributed by atoms with Crippen LogP contribution in [0.15, 0.2) is 36.4 Å². The molecule has 4 heteroatoms. The average Bonchev–Trinajstić information content (AvgIpc) is 3.06. The molecule has 4 aromatic carbocycles. The van der Waals surface area contributed by atoms with E-state index in [4.69, 9.17) is 5.26 Å². The van der Waals surface area contributed by atoms with Gasteiger partial charge >= 0.3 is 0 Å². The zero-order chi connectivity index (χ0) is 46.5. The van der Waals surface area contributed by atoms with E-state index in [1.807, 2.05) is 0 Å². The zero-order valence-electron chi connectivity index (χ0n) is 41.9. The minimum atomic E-state index is -0.242. The number of nitrogens with zero attached hydrogens (tertiary/aromatic N) is 1. The van der Waals surface area contributed by atoms with Gasteiger partial charge < -0.3 is 15.3 Å². The maximum atomic E-state index is 12.1. The molecular formula is C56H81NO3. The Bertz CT molecular complexity index is 1990. The van der Waals surface area contributed by atoms with Gasteiger partial charge in [-0.05, 0) is 137 Å². The van der Waals surface area contributed by atoms with Crippen LogP contribution in [-0.4, -0.2) is 15.3 Å². The number of benzene rings is 4. The van der Waals surface area contributed by atoms with Crippen LogP contribution in [0.3, 0.4) is 0 Å². The number of rotatable bonds is 6. The predicted molar refractivity (Wildman–Crippen MR) is 257 cm³/mol. The summed E-state index contributed by atoms with van der Waals surface area (Å²) in [5.41, 5.74) is 15.4. The molecule has 3 N–H and O–H groups in total. The van der Waals surface area contributed by atoms with E-state index in [2.05, 4.69) is 182 Å². The predicted octanol–water partition coefficient (Wildman–Crippen LogP) is 14.8. The summed E-state index contributed by atoms with van der Waals surface area (Å²) in [6.45, 7) is 47.8. The SMILES string of the molecule is CC#N.Cc1c(Cc2cc(C(C)(C)C)cc(C(C)(C)C)c2O)c(C)c(Cc2cc(C(C)(C)C)cc(C(C)(C)C)c2O)c(C)c1Cc1cc(C(C)(C)C)cc(C(C)(C)C)c1O. The first kappa shape index (κ1) is 50.1. The van der Waals surface area contributed by atoms with Crippen molar-refractivity contribution in [2.45, 2.75) is 204 Å². The lowest BCUT2D eigenvalue weighted by Crippen LogP contribution is -2.19. The third-order valence-corrected chi connectivity index (χ3v) is 12.4. The molecule has 0 aliphatic heterocycles. The smallest absolute Gasteiger partial charge is 0.122 e. The van der Waals surface area contributed by atoms with Gasteiger partial charge in [0.25, 0.3) is 0 Å². The summed E-state index contributed by atoms with van der Waals surface area (Å²) < 4.78 is 0. The first-order chi connectivity index (χ1) is 27.0. The highest BCUT2D eigenvalue weighted by molar-refractivity contribution is 5.60. The molecule has 4 nitrogen and oxygen atoms in total. The Labute approximate surface area is 366 Å². The van der Waals surface area contributed by atoms with E-state index >= 15 is 0 Å². The standard InChI is InChI=1S/C54H78O3.C2H3N/c1-31-40(25-34-22-37(49(4,5)6)28-43(46(34)55)52(13,14)15)32(2)42(27-36-24-39(51(10,11)12)30-45(48(36)57)54(19,20)21)33(3)41(31)26-35-23-38(50(7,8)9)29-44(47(35)56)53(16,17)18;1-2-3/h22-24,28-30,55-57H,25-27H2,1-21H3;1H3. The number of hydrogen-bond acceptors (Lipinski definition) is 4. The zero-order valence-corrected chi connectivity index (χ0v) is 41.9.